The zero-order chi connectivity index (χ0) is 14.7. The first-order chi connectivity index (χ1) is 9.06. The van der Waals surface area contributed by atoms with E-state index in [0.29, 0.717) is 6.42 Å². The van der Waals surface area contributed by atoms with Crippen LogP contribution >= 0.6 is 0 Å². The van der Waals surface area contributed by atoms with Gasteiger partial charge in [-0.1, -0.05) is 19.8 Å². The van der Waals surface area contributed by atoms with Gasteiger partial charge in [-0.05, 0) is 20.3 Å². The maximum absolute atomic E-state index is 12.0. The Morgan fingerprint density at radius 1 is 0.947 bits per heavy atom. The number of unbranched alkanes of at least 4 members (excludes halogenated alkanes) is 2. The third-order valence-corrected chi connectivity index (χ3v) is 2.66. The summed E-state index contributed by atoms with van der Waals surface area (Å²) in [4.78, 5) is 35.1. The molecule has 0 N–H and O–H groups in total. The van der Waals surface area contributed by atoms with Crippen molar-refractivity contribution in [3.05, 3.63) is 0 Å². The molecule has 5 nitrogen and oxygen atoms in total. The highest BCUT2D eigenvalue weighted by Gasteiger charge is 2.30. The number of carbonyl (C=O) groups is 3. The van der Waals surface area contributed by atoms with E-state index >= 15 is 0 Å². The summed E-state index contributed by atoms with van der Waals surface area (Å²) in [5.74, 6) is -2.42. The zero-order valence-electron chi connectivity index (χ0n) is 12.1. The SMILES string of the molecule is CCCCCC(=O)[C@H](CC(=O)OCC)C(=O)OCC. The summed E-state index contributed by atoms with van der Waals surface area (Å²) in [6, 6.07) is 0. The van der Waals surface area contributed by atoms with E-state index in [9.17, 15) is 14.4 Å². The lowest BCUT2D eigenvalue weighted by Crippen LogP contribution is -2.29. The van der Waals surface area contributed by atoms with E-state index in [1.165, 1.54) is 0 Å². The molecule has 0 unspecified atom stereocenters. The van der Waals surface area contributed by atoms with Crippen molar-refractivity contribution in [2.75, 3.05) is 13.2 Å². The smallest absolute Gasteiger partial charge is 0.317 e. The number of hydrogen-bond donors (Lipinski definition) is 0. The van der Waals surface area contributed by atoms with E-state index in [1.807, 2.05) is 6.92 Å². The minimum Gasteiger partial charge on any atom is -0.466 e. The summed E-state index contributed by atoms with van der Waals surface area (Å²) in [5.41, 5.74) is 0. The van der Waals surface area contributed by atoms with Gasteiger partial charge in [-0.15, -0.1) is 0 Å². The quantitative estimate of drug-likeness (QED) is 0.346. The first kappa shape index (κ1) is 17.6. The molecule has 0 aliphatic carbocycles. The van der Waals surface area contributed by atoms with Crippen LogP contribution in [0.4, 0.5) is 0 Å². The van der Waals surface area contributed by atoms with Gasteiger partial charge in [0.25, 0.3) is 0 Å². The summed E-state index contributed by atoms with van der Waals surface area (Å²) in [5, 5.41) is 0. The van der Waals surface area contributed by atoms with Crippen molar-refractivity contribution in [1.29, 1.82) is 0 Å². The number of ether oxygens (including phenoxy) is 2. The molecular formula is C14H24O5. The highest BCUT2D eigenvalue weighted by Crippen LogP contribution is 2.14. The fraction of sp³-hybridized carbons (Fsp3) is 0.786. The van der Waals surface area contributed by atoms with Crippen LogP contribution in [-0.2, 0) is 23.9 Å². The Labute approximate surface area is 114 Å². The predicted molar refractivity (Wildman–Crippen MR) is 70.5 cm³/mol. The second-order valence-electron chi connectivity index (χ2n) is 4.24. The molecule has 0 fully saturated rings. The second kappa shape index (κ2) is 10.5. The van der Waals surface area contributed by atoms with Crippen LogP contribution in [0.2, 0.25) is 0 Å². The van der Waals surface area contributed by atoms with Crippen molar-refractivity contribution in [2.45, 2.75) is 52.9 Å². The maximum atomic E-state index is 12.0. The standard InChI is InChI=1S/C14H24O5/c1-4-7-8-9-12(15)11(14(17)19-6-3)10-13(16)18-5-2/h11H,4-10H2,1-3H3/t11-/m0/s1. The summed E-state index contributed by atoms with van der Waals surface area (Å²) < 4.78 is 9.62. The third kappa shape index (κ3) is 7.59. The molecule has 0 aliphatic heterocycles. The number of esters is 2. The topological polar surface area (TPSA) is 69.7 Å². The Hall–Kier alpha value is -1.39. The van der Waals surface area contributed by atoms with Crippen LogP contribution in [0.3, 0.4) is 0 Å². The van der Waals surface area contributed by atoms with Crippen molar-refractivity contribution in [1.82, 2.24) is 0 Å². The second-order valence-corrected chi connectivity index (χ2v) is 4.24. The fourth-order valence-electron chi connectivity index (χ4n) is 1.68. The average molecular weight is 272 g/mol. The van der Waals surface area contributed by atoms with Gasteiger partial charge >= 0.3 is 11.9 Å². The minimum absolute atomic E-state index is 0.195. The third-order valence-electron chi connectivity index (χ3n) is 2.66. The van der Waals surface area contributed by atoms with Crippen molar-refractivity contribution < 1.29 is 23.9 Å². The zero-order valence-corrected chi connectivity index (χ0v) is 12.1. The van der Waals surface area contributed by atoms with Gasteiger partial charge in [0.2, 0.25) is 0 Å². The van der Waals surface area contributed by atoms with Gasteiger partial charge < -0.3 is 9.47 Å². The van der Waals surface area contributed by atoms with Crippen molar-refractivity contribution in [3.8, 4) is 0 Å². The van der Waals surface area contributed by atoms with E-state index < -0.39 is 17.9 Å². The molecule has 0 amide bonds. The molecular weight excluding hydrogens is 248 g/mol. The summed E-state index contributed by atoms with van der Waals surface area (Å²) >= 11 is 0. The van der Waals surface area contributed by atoms with Gasteiger partial charge in [0.1, 0.15) is 11.7 Å². The molecule has 0 aromatic heterocycles. The normalized spacial score (nSPS) is 11.7. The van der Waals surface area contributed by atoms with Crippen molar-refractivity contribution >= 4 is 17.7 Å². The highest BCUT2D eigenvalue weighted by atomic mass is 16.5. The largest absolute Gasteiger partial charge is 0.466 e. The lowest BCUT2D eigenvalue weighted by atomic mass is 9.96. The number of rotatable bonds is 10. The average Bonchev–Trinajstić information content (AvgIpc) is 2.36. The molecule has 0 aromatic rings. The summed E-state index contributed by atoms with van der Waals surface area (Å²) in [6.45, 7) is 5.81. The van der Waals surface area contributed by atoms with Crippen LogP contribution in [0.5, 0.6) is 0 Å². The van der Waals surface area contributed by atoms with Crippen LogP contribution in [0.1, 0.15) is 52.9 Å². The van der Waals surface area contributed by atoms with Gasteiger partial charge in [-0.25, -0.2) is 0 Å². The van der Waals surface area contributed by atoms with Gasteiger partial charge in [-0.2, -0.15) is 0 Å². The Morgan fingerprint density at radius 2 is 1.58 bits per heavy atom. The van der Waals surface area contributed by atoms with E-state index in [1.54, 1.807) is 13.8 Å². The Kier molecular flexibility index (Phi) is 9.75. The predicted octanol–water partition coefficient (Wildman–Crippen LogP) is 2.27. The van der Waals surface area contributed by atoms with Crippen LogP contribution < -0.4 is 0 Å². The molecule has 0 spiro atoms. The molecule has 0 heterocycles. The molecule has 0 rings (SSSR count). The number of hydrogen-bond acceptors (Lipinski definition) is 5. The number of ketones is 1. The van der Waals surface area contributed by atoms with E-state index in [2.05, 4.69) is 0 Å². The lowest BCUT2D eigenvalue weighted by molar-refractivity contribution is -0.158. The van der Waals surface area contributed by atoms with Gasteiger partial charge in [-0.3, -0.25) is 14.4 Å². The van der Waals surface area contributed by atoms with Crippen LogP contribution in [-0.4, -0.2) is 30.9 Å². The lowest BCUT2D eigenvalue weighted by Gasteiger charge is -2.13. The minimum atomic E-state index is -1.02. The number of carbonyl (C=O) groups excluding carboxylic acids is 3. The first-order valence-electron chi connectivity index (χ1n) is 6.91. The monoisotopic (exact) mass is 272 g/mol. The van der Waals surface area contributed by atoms with Crippen LogP contribution in [0.25, 0.3) is 0 Å². The molecule has 0 bridgehead atoms. The maximum Gasteiger partial charge on any atom is 0.317 e. The van der Waals surface area contributed by atoms with Gasteiger partial charge in [0.05, 0.1) is 19.6 Å². The molecule has 0 aliphatic rings. The molecule has 0 saturated carbocycles. The molecule has 0 saturated heterocycles. The highest BCUT2D eigenvalue weighted by molar-refractivity contribution is 6.01. The molecule has 0 aromatic carbocycles. The molecule has 19 heavy (non-hydrogen) atoms. The first-order valence-corrected chi connectivity index (χ1v) is 6.91. The van der Waals surface area contributed by atoms with E-state index in [0.717, 1.165) is 19.3 Å². The number of Topliss-reactive ketones (excluding diaryl/α,β-unsaturated/α-hetero) is 1. The van der Waals surface area contributed by atoms with Crippen LogP contribution in [0, 0.1) is 5.92 Å². The Balaban J connectivity index is 4.51. The molecule has 1 atom stereocenters. The Morgan fingerprint density at radius 3 is 2.11 bits per heavy atom. The van der Waals surface area contributed by atoms with Crippen molar-refractivity contribution in [3.63, 3.8) is 0 Å². The van der Waals surface area contributed by atoms with Gasteiger partial charge in [0.15, 0.2) is 0 Å². The molecule has 0 radical (unpaired) electrons. The van der Waals surface area contributed by atoms with Gasteiger partial charge in [0, 0.05) is 6.42 Å². The van der Waals surface area contributed by atoms with Crippen LogP contribution in [0.15, 0.2) is 0 Å². The fourth-order valence-corrected chi connectivity index (χ4v) is 1.68. The summed E-state index contributed by atoms with van der Waals surface area (Å²) in [6.07, 6.45) is 2.73. The molecule has 110 valence electrons. The van der Waals surface area contributed by atoms with E-state index in [-0.39, 0.29) is 25.4 Å². The van der Waals surface area contributed by atoms with E-state index in [4.69, 9.17) is 9.47 Å². The Bertz CT molecular complexity index is 298. The molecule has 5 heteroatoms. The van der Waals surface area contributed by atoms with Crippen molar-refractivity contribution in [2.24, 2.45) is 5.92 Å². The summed E-state index contributed by atoms with van der Waals surface area (Å²) in [7, 11) is 0.